The smallest absolute Gasteiger partial charge is 0.0761 e. The van der Waals surface area contributed by atoms with Crippen LogP contribution in [0.25, 0.3) is 11.1 Å². The van der Waals surface area contributed by atoms with Gasteiger partial charge in [0.15, 0.2) is 0 Å². The Labute approximate surface area is 109 Å². The highest BCUT2D eigenvalue weighted by Crippen LogP contribution is 2.24. The molecule has 2 heteroatoms. The Kier molecular flexibility index (Phi) is 3.68. The van der Waals surface area contributed by atoms with E-state index in [0.29, 0.717) is 0 Å². The van der Waals surface area contributed by atoms with Crippen LogP contribution < -0.4 is 4.90 Å². The van der Waals surface area contributed by atoms with E-state index in [1.807, 2.05) is 38.4 Å². The molecule has 0 unspecified atom stereocenters. The van der Waals surface area contributed by atoms with Gasteiger partial charge in [-0.2, -0.15) is 0 Å². The molecule has 0 aliphatic rings. The summed E-state index contributed by atoms with van der Waals surface area (Å²) in [7, 11) is 4.07. The Hall–Kier alpha value is -1.80. The zero-order valence-corrected chi connectivity index (χ0v) is 11.1. The van der Waals surface area contributed by atoms with Gasteiger partial charge in [-0.1, -0.05) is 36.4 Å². The molecule has 2 aromatic rings. The van der Waals surface area contributed by atoms with E-state index in [9.17, 15) is 5.11 Å². The lowest BCUT2D eigenvalue weighted by Gasteiger charge is -2.13. The molecule has 0 aromatic heterocycles. The summed E-state index contributed by atoms with van der Waals surface area (Å²) < 4.78 is 0. The highest BCUT2D eigenvalue weighted by molar-refractivity contribution is 5.66. The molecule has 0 fully saturated rings. The fraction of sp³-hybridized carbons (Fsp3) is 0.250. The van der Waals surface area contributed by atoms with Gasteiger partial charge in [-0.25, -0.2) is 0 Å². The standard InChI is InChI=1S/C16H19NO/c1-12(18)13-4-6-14(7-5-13)15-8-10-16(11-9-15)17(2)3/h4-12,18H,1-3H3/t12-/m1/s1. The molecule has 2 rings (SSSR count). The minimum absolute atomic E-state index is 0.407. The lowest BCUT2D eigenvalue weighted by Crippen LogP contribution is -2.07. The molecule has 0 amide bonds. The second-order valence-corrected chi connectivity index (χ2v) is 4.74. The summed E-state index contributed by atoms with van der Waals surface area (Å²) in [5, 5.41) is 9.48. The summed E-state index contributed by atoms with van der Waals surface area (Å²) in [5.41, 5.74) is 4.51. The third kappa shape index (κ3) is 2.71. The Morgan fingerprint density at radius 3 is 1.67 bits per heavy atom. The summed E-state index contributed by atoms with van der Waals surface area (Å²) >= 11 is 0. The van der Waals surface area contributed by atoms with Crippen LogP contribution in [-0.4, -0.2) is 19.2 Å². The molecule has 0 bridgehead atoms. The highest BCUT2D eigenvalue weighted by Gasteiger charge is 2.02. The molecule has 94 valence electrons. The van der Waals surface area contributed by atoms with Crippen molar-refractivity contribution in [1.29, 1.82) is 0 Å². The molecule has 0 aliphatic carbocycles. The summed E-state index contributed by atoms with van der Waals surface area (Å²) in [6.07, 6.45) is -0.407. The van der Waals surface area contributed by atoms with Crippen LogP contribution in [0.2, 0.25) is 0 Å². The number of nitrogens with zero attached hydrogens (tertiary/aromatic N) is 1. The first kappa shape index (κ1) is 12.7. The van der Waals surface area contributed by atoms with E-state index in [-0.39, 0.29) is 0 Å². The van der Waals surface area contributed by atoms with E-state index >= 15 is 0 Å². The molecule has 0 spiro atoms. The van der Waals surface area contributed by atoms with E-state index < -0.39 is 6.10 Å². The molecule has 1 atom stereocenters. The van der Waals surface area contributed by atoms with Crippen LogP contribution in [0.3, 0.4) is 0 Å². The lowest BCUT2D eigenvalue weighted by molar-refractivity contribution is 0.199. The molecule has 0 radical (unpaired) electrons. The van der Waals surface area contributed by atoms with Crippen LogP contribution in [0.15, 0.2) is 48.5 Å². The lowest BCUT2D eigenvalue weighted by atomic mass is 10.0. The molecule has 0 heterocycles. The minimum Gasteiger partial charge on any atom is -0.389 e. The number of anilines is 1. The number of benzene rings is 2. The summed E-state index contributed by atoms with van der Waals surface area (Å²) in [4.78, 5) is 2.08. The Balaban J connectivity index is 2.25. The molecule has 18 heavy (non-hydrogen) atoms. The van der Waals surface area contributed by atoms with E-state index in [0.717, 1.165) is 5.56 Å². The molecule has 2 aromatic carbocycles. The van der Waals surface area contributed by atoms with Gasteiger partial charge in [-0.15, -0.1) is 0 Å². The number of rotatable bonds is 3. The molecular formula is C16H19NO. The molecule has 1 N–H and O–H groups in total. The van der Waals surface area contributed by atoms with Gasteiger partial charge >= 0.3 is 0 Å². The maximum atomic E-state index is 9.48. The van der Waals surface area contributed by atoms with Crippen LogP contribution in [0.4, 0.5) is 5.69 Å². The molecule has 0 saturated heterocycles. The first-order valence-corrected chi connectivity index (χ1v) is 6.13. The molecule has 0 aliphatic heterocycles. The first-order chi connectivity index (χ1) is 8.58. The molecular weight excluding hydrogens is 222 g/mol. The van der Waals surface area contributed by atoms with Crippen LogP contribution in [0.5, 0.6) is 0 Å². The third-order valence-electron chi connectivity index (χ3n) is 3.11. The maximum absolute atomic E-state index is 9.48. The molecule has 0 saturated carbocycles. The first-order valence-electron chi connectivity index (χ1n) is 6.13. The Morgan fingerprint density at radius 1 is 0.833 bits per heavy atom. The summed E-state index contributed by atoms with van der Waals surface area (Å²) in [6, 6.07) is 16.5. The Morgan fingerprint density at radius 2 is 1.28 bits per heavy atom. The van der Waals surface area contributed by atoms with Crippen molar-refractivity contribution >= 4 is 5.69 Å². The van der Waals surface area contributed by atoms with Crippen LogP contribution in [0.1, 0.15) is 18.6 Å². The van der Waals surface area contributed by atoms with Gasteiger partial charge in [0.25, 0.3) is 0 Å². The maximum Gasteiger partial charge on any atom is 0.0761 e. The number of aliphatic hydroxyl groups excluding tert-OH is 1. The van der Waals surface area contributed by atoms with Crippen molar-refractivity contribution in [2.24, 2.45) is 0 Å². The monoisotopic (exact) mass is 241 g/mol. The average Bonchev–Trinajstić information content (AvgIpc) is 2.39. The highest BCUT2D eigenvalue weighted by atomic mass is 16.3. The summed E-state index contributed by atoms with van der Waals surface area (Å²) in [5.74, 6) is 0. The number of aliphatic hydroxyl groups is 1. The second kappa shape index (κ2) is 5.23. The molecule has 2 nitrogen and oxygen atoms in total. The fourth-order valence-corrected chi connectivity index (χ4v) is 1.91. The van der Waals surface area contributed by atoms with Crippen molar-refractivity contribution in [3.8, 4) is 11.1 Å². The van der Waals surface area contributed by atoms with E-state index in [1.165, 1.54) is 16.8 Å². The van der Waals surface area contributed by atoms with Gasteiger partial charge in [0.1, 0.15) is 0 Å². The van der Waals surface area contributed by atoms with Gasteiger partial charge in [-0.05, 0) is 35.7 Å². The summed E-state index contributed by atoms with van der Waals surface area (Å²) in [6.45, 7) is 1.78. The second-order valence-electron chi connectivity index (χ2n) is 4.74. The van der Waals surface area contributed by atoms with Crippen molar-refractivity contribution in [1.82, 2.24) is 0 Å². The SMILES string of the molecule is C[C@@H](O)c1ccc(-c2ccc(N(C)C)cc2)cc1. The minimum atomic E-state index is -0.407. The predicted octanol–water partition coefficient (Wildman–Crippen LogP) is 3.47. The number of hydrogen-bond donors (Lipinski definition) is 1. The van der Waals surface area contributed by atoms with Gasteiger partial charge in [0.05, 0.1) is 6.10 Å². The normalized spacial score (nSPS) is 12.2. The van der Waals surface area contributed by atoms with Crippen LogP contribution >= 0.6 is 0 Å². The van der Waals surface area contributed by atoms with Gasteiger partial charge < -0.3 is 10.0 Å². The third-order valence-corrected chi connectivity index (χ3v) is 3.11. The predicted molar refractivity (Wildman–Crippen MR) is 76.8 cm³/mol. The average molecular weight is 241 g/mol. The quantitative estimate of drug-likeness (QED) is 0.889. The van der Waals surface area contributed by atoms with Crippen molar-refractivity contribution in [2.45, 2.75) is 13.0 Å². The van der Waals surface area contributed by atoms with Crippen molar-refractivity contribution < 1.29 is 5.11 Å². The largest absolute Gasteiger partial charge is 0.389 e. The topological polar surface area (TPSA) is 23.5 Å². The van der Waals surface area contributed by atoms with E-state index in [4.69, 9.17) is 0 Å². The number of hydrogen-bond acceptors (Lipinski definition) is 2. The van der Waals surface area contributed by atoms with Gasteiger partial charge in [-0.3, -0.25) is 0 Å². The van der Waals surface area contributed by atoms with Gasteiger partial charge in [0.2, 0.25) is 0 Å². The van der Waals surface area contributed by atoms with Crippen molar-refractivity contribution in [2.75, 3.05) is 19.0 Å². The van der Waals surface area contributed by atoms with Gasteiger partial charge in [0, 0.05) is 19.8 Å². The van der Waals surface area contributed by atoms with Crippen molar-refractivity contribution in [3.63, 3.8) is 0 Å². The zero-order valence-electron chi connectivity index (χ0n) is 11.1. The van der Waals surface area contributed by atoms with Crippen LogP contribution in [-0.2, 0) is 0 Å². The zero-order chi connectivity index (χ0) is 13.1. The van der Waals surface area contributed by atoms with E-state index in [1.54, 1.807) is 6.92 Å². The van der Waals surface area contributed by atoms with Crippen LogP contribution in [0, 0.1) is 0 Å². The van der Waals surface area contributed by atoms with Crippen molar-refractivity contribution in [3.05, 3.63) is 54.1 Å². The van der Waals surface area contributed by atoms with E-state index in [2.05, 4.69) is 29.2 Å². The Bertz CT molecular complexity index is 448. The fourth-order valence-electron chi connectivity index (χ4n) is 1.91.